The van der Waals surface area contributed by atoms with E-state index in [0.717, 1.165) is 11.3 Å². The number of anilines is 1. The molecule has 2 N–H and O–H groups in total. The Bertz CT molecular complexity index is 980. The molecule has 3 aromatic rings. The van der Waals surface area contributed by atoms with Gasteiger partial charge >= 0.3 is 12.1 Å². The van der Waals surface area contributed by atoms with Crippen molar-refractivity contribution in [1.82, 2.24) is 5.32 Å². The SMILES string of the molecule is CCOC(=O)N[C@](C(=O)OC)(c1ccccc1)[C@H](Nc1ccccc1)c1ccccc1. The quantitative estimate of drug-likeness (QED) is 0.521. The number of para-hydroxylation sites is 1. The molecule has 0 aliphatic rings. The van der Waals surface area contributed by atoms with Crippen molar-refractivity contribution in [2.45, 2.75) is 18.5 Å². The second-order valence-corrected chi connectivity index (χ2v) is 6.87. The van der Waals surface area contributed by atoms with Gasteiger partial charge in [0.25, 0.3) is 0 Å². The van der Waals surface area contributed by atoms with Gasteiger partial charge in [0, 0.05) is 5.69 Å². The summed E-state index contributed by atoms with van der Waals surface area (Å²) in [5, 5.41) is 6.25. The summed E-state index contributed by atoms with van der Waals surface area (Å²) in [6, 6.07) is 27.3. The number of hydrogen-bond donors (Lipinski definition) is 2. The van der Waals surface area contributed by atoms with Crippen LogP contribution in [0.15, 0.2) is 91.0 Å². The van der Waals surface area contributed by atoms with Crippen LogP contribution in [-0.4, -0.2) is 25.8 Å². The number of amides is 1. The van der Waals surface area contributed by atoms with Crippen molar-refractivity contribution in [3.63, 3.8) is 0 Å². The van der Waals surface area contributed by atoms with Crippen molar-refractivity contribution in [3.05, 3.63) is 102 Å². The lowest BCUT2D eigenvalue weighted by Crippen LogP contribution is -2.58. The third-order valence-electron chi connectivity index (χ3n) is 4.96. The fourth-order valence-electron chi connectivity index (χ4n) is 3.58. The molecule has 6 heteroatoms. The van der Waals surface area contributed by atoms with E-state index in [1.54, 1.807) is 19.1 Å². The summed E-state index contributed by atoms with van der Waals surface area (Å²) < 4.78 is 10.4. The molecule has 0 radical (unpaired) electrons. The standard InChI is InChI=1S/C25H26N2O4/c1-3-31-24(29)27-25(23(28)30-2,20-15-9-5-10-16-20)22(19-13-7-4-8-14-19)26-21-17-11-6-12-18-21/h4-18,22,26H,3H2,1-2H3,(H,27,29)/t22-,25-/m1/s1. The van der Waals surface area contributed by atoms with E-state index in [2.05, 4.69) is 10.6 Å². The second kappa shape index (κ2) is 10.3. The monoisotopic (exact) mass is 418 g/mol. The predicted octanol–water partition coefficient (Wildman–Crippen LogP) is 4.65. The maximum atomic E-state index is 13.4. The smallest absolute Gasteiger partial charge is 0.408 e. The van der Waals surface area contributed by atoms with E-state index < -0.39 is 23.6 Å². The Morgan fingerprint density at radius 2 is 1.42 bits per heavy atom. The van der Waals surface area contributed by atoms with E-state index in [9.17, 15) is 9.59 Å². The van der Waals surface area contributed by atoms with E-state index in [4.69, 9.17) is 9.47 Å². The molecule has 31 heavy (non-hydrogen) atoms. The summed E-state index contributed by atoms with van der Waals surface area (Å²) in [7, 11) is 1.30. The summed E-state index contributed by atoms with van der Waals surface area (Å²) in [6.45, 7) is 1.87. The van der Waals surface area contributed by atoms with E-state index >= 15 is 0 Å². The minimum Gasteiger partial charge on any atom is -0.467 e. The summed E-state index contributed by atoms with van der Waals surface area (Å²) in [4.78, 5) is 26.1. The van der Waals surface area contributed by atoms with E-state index in [0.29, 0.717) is 5.56 Å². The molecule has 0 bridgehead atoms. The minimum atomic E-state index is -1.60. The van der Waals surface area contributed by atoms with E-state index in [1.807, 2.05) is 78.9 Å². The zero-order valence-electron chi connectivity index (χ0n) is 17.6. The number of rotatable bonds is 8. The van der Waals surface area contributed by atoms with Gasteiger partial charge in [-0.05, 0) is 30.2 Å². The van der Waals surface area contributed by atoms with Crippen LogP contribution < -0.4 is 10.6 Å². The Morgan fingerprint density at radius 3 is 1.97 bits per heavy atom. The van der Waals surface area contributed by atoms with Crippen molar-refractivity contribution >= 4 is 17.7 Å². The van der Waals surface area contributed by atoms with Crippen molar-refractivity contribution in [1.29, 1.82) is 0 Å². The van der Waals surface area contributed by atoms with Crippen LogP contribution in [0.3, 0.4) is 0 Å². The number of alkyl carbamates (subject to hydrolysis) is 1. The van der Waals surface area contributed by atoms with Gasteiger partial charge in [-0.1, -0.05) is 78.9 Å². The highest BCUT2D eigenvalue weighted by atomic mass is 16.6. The lowest BCUT2D eigenvalue weighted by atomic mass is 9.78. The summed E-state index contributed by atoms with van der Waals surface area (Å²) >= 11 is 0. The fourth-order valence-corrected chi connectivity index (χ4v) is 3.58. The Labute approximate surface area is 182 Å². The summed E-state index contributed by atoms with van der Waals surface area (Å²) in [5.41, 5.74) is 0.537. The number of carbonyl (C=O) groups is 2. The van der Waals surface area contributed by atoms with Crippen molar-refractivity contribution in [2.75, 3.05) is 19.0 Å². The van der Waals surface area contributed by atoms with Gasteiger partial charge in [0.2, 0.25) is 0 Å². The third-order valence-corrected chi connectivity index (χ3v) is 4.96. The molecule has 0 saturated heterocycles. The van der Waals surface area contributed by atoms with E-state index in [1.165, 1.54) is 7.11 Å². The van der Waals surface area contributed by atoms with Gasteiger partial charge < -0.3 is 14.8 Å². The lowest BCUT2D eigenvalue weighted by Gasteiger charge is -2.40. The first-order valence-corrected chi connectivity index (χ1v) is 10.1. The lowest BCUT2D eigenvalue weighted by molar-refractivity contribution is -0.149. The number of esters is 1. The fraction of sp³-hybridized carbons (Fsp3) is 0.200. The van der Waals surface area contributed by atoms with Crippen LogP contribution in [0.1, 0.15) is 24.1 Å². The second-order valence-electron chi connectivity index (χ2n) is 6.87. The molecule has 0 aliphatic carbocycles. The van der Waals surface area contributed by atoms with Crippen LogP contribution in [0.4, 0.5) is 10.5 Å². The largest absolute Gasteiger partial charge is 0.467 e. The Kier molecular flexibility index (Phi) is 7.27. The molecule has 6 nitrogen and oxygen atoms in total. The van der Waals surface area contributed by atoms with Gasteiger partial charge in [-0.2, -0.15) is 0 Å². The maximum absolute atomic E-state index is 13.4. The molecular weight excluding hydrogens is 392 g/mol. The van der Waals surface area contributed by atoms with Crippen molar-refractivity contribution < 1.29 is 19.1 Å². The molecule has 0 fully saturated rings. The van der Waals surface area contributed by atoms with Crippen LogP contribution in [0.2, 0.25) is 0 Å². The van der Waals surface area contributed by atoms with Gasteiger partial charge in [-0.25, -0.2) is 9.59 Å². The molecule has 0 heterocycles. The van der Waals surface area contributed by atoms with Crippen LogP contribution in [0, 0.1) is 0 Å². The zero-order chi connectivity index (χ0) is 22.1. The molecule has 3 rings (SSSR count). The molecule has 0 spiro atoms. The number of hydrogen-bond acceptors (Lipinski definition) is 5. The van der Waals surface area contributed by atoms with Gasteiger partial charge in [-0.3, -0.25) is 5.32 Å². The Balaban J connectivity index is 2.25. The molecule has 0 saturated carbocycles. The summed E-state index contributed by atoms with van der Waals surface area (Å²) in [5.74, 6) is -0.621. The Hall–Kier alpha value is -3.80. The average molecular weight is 418 g/mol. The third kappa shape index (κ3) is 4.86. The predicted molar refractivity (Wildman–Crippen MR) is 120 cm³/mol. The highest BCUT2D eigenvalue weighted by Crippen LogP contribution is 2.39. The molecule has 0 unspecified atom stereocenters. The molecular formula is C25H26N2O4. The van der Waals surface area contributed by atoms with Crippen LogP contribution >= 0.6 is 0 Å². The highest BCUT2D eigenvalue weighted by molar-refractivity contribution is 5.89. The van der Waals surface area contributed by atoms with Crippen LogP contribution in [0.5, 0.6) is 0 Å². The van der Waals surface area contributed by atoms with Gasteiger partial charge in [0.1, 0.15) is 0 Å². The average Bonchev–Trinajstić information content (AvgIpc) is 2.82. The number of benzene rings is 3. The summed E-state index contributed by atoms with van der Waals surface area (Å²) in [6.07, 6.45) is -0.715. The minimum absolute atomic E-state index is 0.167. The number of carbonyl (C=O) groups excluding carboxylic acids is 2. The molecule has 160 valence electrons. The Morgan fingerprint density at radius 1 is 0.871 bits per heavy atom. The van der Waals surface area contributed by atoms with Gasteiger partial charge in [0.15, 0.2) is 5.54 Å². The molecule has 1 amide bonds. The normalized spacial score (nSPS) is 13.4. The van der Waals surface area contributed by atoms with E-state index in [-0.39, 0.29) is 6.61 Å². The first-order chi connectivity index (χ1) is 15.1. The number of nitrogens with one attached hydrogen (secondary N) is 2. The van der Waals surface area contributed by atoms with Gasteiger partial charge in [0.05, 0.1) is 19.8 Å². The van der Waals surface area contributed by atoms with Crippen LogP contribution in [0.25, 0.3) is 0 Å². The van der Waals surface area contributed by atoms with Gasteiger partial charge in [-0.15, -0.1) is 0 Å². The van der Waals surface area contributed by atoms with Crippen molar-refractivity contribution in [3.8, 4) is 0 Å². The maximum Gasteiger partial charge on any atom is 0.408 e. The first kappa shape index (κ1) is 21.9. The molecule has 0 aliphatic heterocycles. The highest BCUT2D eigenvalue weighted by Gasteiger charge is 2.51. The first-order valence-electron chi connectivity index (χ1n) is 10.1. The van der Waals surface area contributed by atoms with Crippen LogP contribution in [-0.2, 0) is 19.8 Å². The topological polar surface area (TPSA) is 76.7 Å². The molecule has 3 aromatic carbocycles. The molecule has 2 atom stereocenters. The van der Waals surface area contributed by atoms with Crippen molar-refractivity contribution in [2.24, 2.45) is 0 Å². The zero-order valence-corrected chi connectivity index (χ0v) is 17.6. The number of methoxy groups -OCH3 is 1. The molecule has 0 aromatic heterocycles. The number of ether oxygens (including phenoxy) is 2.